The molecule has 1 N–H and O–H groups in total. The number of halogens is 1. The normalized spacial score (nSPS) is 10.7. The number of benzene rings is 2. The van der Waals surface area contributed by atoms with Crippen molar-refractivity contribution >= 4 is 23.2 Å². The van der Waals surface area contributed by atoms with Crippen LogP contribution in [0.3, 0.4) is 0 Å². The molecule has 0 saturated carbocycles. The van der Waals surface area contributed by atoms with Gasteiger partial charge >= 0.3 is 0 Å². The molecule has 0 aliphatic carbocycles. The first-order chi connectivity index (χ1) is 12.0. The smallest absolute Gasteiger partial charge is 0.224 e. The summed E-state index contributed by atoms with van der Waals surface area (Å²) in [7, 11) is 0. The summed E-state index contributed by atoms with van der Waals surface area (Å²) < 4.78 is 5.83. The molecular weight excluding hydrogens is 334 g/mol. The third-order valence-electron chi connectivity index (χ3n) is 4.13. The fraction of sp³-hybridized carbons (Fsp3) is 0.190. The van der Waals surface area contributed by atoms with Crippen LogP contribution in [-0.4, -0.2) is 5.91 Å². The monoisotopic (exact) mass is 353 g/mol. The molecule has 0 atom stereocenters. The van der Waals surface area contributed by atoms with E-state index in [1.807, 2.05) is 68.4 Å². The van der Waals surface area contributed by atoms with Crippen molar-refractivity contribution in [2.75, 3.05) is 5.32 Å². The van der Waals surface area contributed by atoms with Crippen molar-refractivity contribution in [3.05, 3.63) is 76.5 Å². The van der Waals surface area contributed by atoms with E-state index in [9.17, 15) is 4.79 Å². The largest absolute Gasteiger partial charge is 0.461 e. The molecule has 3 aromatic rings. The number of rotatable bonds is 5. The molecule has 0 radical (unpaired) electrons. The molecule has 0 saturated heterocycles. The van der Waals surface area contributed by atoms with Crippen LogP contribution >= 0.6 is 11.6 Å². The molecule has 1 aromatic heterocycles. The molecule has 128 valence electrons. The van der Waals surface area contributed by atoms with Gasteiger partial charge in [-0.1, -0.05) is 29.8 Å². The minimum absolute atomic E-state index is 0.0122. The molecular formula is C21H20ClNO2. The van der Waals surface area contributed by atoms with Gasteiger partial charge in [-0.2, -0.15) is 0 Å². The van der Waals surface area contributed by atoms with Crippen LogP contribution in [-0.2, 0) is 11.2 Å². The molecule has 0 spiro atoms. The lowest BCUT2D eigenvalue weighted by Crippen LogP contribution is -2.14. The molecule has 1 heterocycles. The number of carbonyl (C=O) groups is 1. The summed E-state index contributed by atoms with van der Waals surface area (Å²) >= 11 is 5.90. The highest BCUT2D eigenvalue weighted by Crippen LogP contribution is 2.25. The van der Waals surface area contributed by atoms with E-state index < -0.39 is 0 Å². The van der Waals surface area contributed by atoms with Gasteiger partial charge in [0.2, 0.25) is 5.91 Å². The van der Waals surface area contributed by atoms with E-state index in [1.54, 1.807) is 0 Å². The van der Waals surface area contributed by atoms with Gasteiger partial charge in [-0.3, -0.25) is 4.79 Å². The maximum atomic E-state index is 12.2. The second-order valence-corrected chi connectivity index (χ2v) is 6.52. The van der Waals surface area contributed by atoms with Gasteiger partial charge in [0.15, 0.2) is 0 Å². The molecule has 3 rings (SSSR count). The summed E-state index contributed by atoms with van der Waals surface area (Å²) in [6.07, 6.45) is 0.936. The SMILES string of the molecule is Cc1cccc(C)c1NC(=O)CCc1ccc(-c2ccc(Cl)cc2)o1. The van der Waals surface area contributed by atoms with Crippen molar-refractivity contribution in [3.63, 3.8) is 0 Å². The summed E-state index contributed by atoms with van der Waals surface area (Å²) in [5.41, 5.74) is 4.00. The zero-order valence-corrected chi connectivity index (χ0v) is 15.1. The molecule has 0 aliphatic heterocycles. The average molecular weight is 354 g/mol. The molecule has 2 aromatic carbocycles. The van der Waals surface area contributed by atoms with Crippen molar-refractivity contribution in [2.24, 2.45) is 0 Å². The molecule has 0 bridgehead atoms. The van der Waals surface area contributed by atoms with Crippen LogP contribution < -0.4 is 5.32 Å². The summed E-state index contributed by atoms with van der Waals surface area (Å²) in [6, 6.07) is 17.3. The van der Waals surface area contributed by atoms with E-state index >= 15 is 0 Å². The Morgan fingerprint density at radius 3 is 2.36 bits per heavy atom. The summed E-state index contributed by atoms with van der Waals surface area (Å²) in [6.45, 7) is 3.99. The van der Waals surface area contributed by atoms with Gasteiger partial charge in [0, 0.05) is 29.1 Å². The zero-order valence-electron chi connectivity index (χ0n) is 14.3. The van der Waals surface area contributed by atoms with E-state index in [0.717, 1.165) is 33.9 Å². The number of nitrogens with one attached hydrogen (secondary N) is 1. The second kappa shape index (κ2) is 7.58. The van der Waals surface area contributed by atoms with Gasteiger partial charge in [0.25, 0.3) is 0 Å². The lowest BCUT2D eigenvalue weighted by Gasteiger charge is -2.11. The van der Waals surface area contributed by atoms with Crippen molar-refractivity contribution in [2.45, 2.75) is 26.7 Å². The van der Waals surface area contributed by atoms with Crippen LogP contribution in [0.4, 0.5) is 5.69 Å². The fourth-order valence-corrected chi connectivity index (χ4v) is 2.86. The maximum Gasteiger partial charge on any atom is 0.224 e. The van der Waals surface area contributed by atoms with Crippen LogP contribution in [0.5, 0.6) is 0 Å². The van der Waals surface area contributed by atoms with Crippen LogP contribution in [0.15, 0.2) is 59.0 Å². The second-order valence-electron chi connectivity index (χ2n) is 6.09. The minimum Gasteiger partial charge on any atom is -0.461 e. The fourth-order valence-electron chi connectivity index (χ4n) is 2.73. The van der Waals surface area contributed by atoms with Crippen LogP contribution in [0.25, 0.3) is 11.3 Å². The van der Waals surface area contributed by atoms with E-state index in [4.69, 9.17) is 16.0 Å². The Labute approximate surface area is 152 Å². The maximum absolute atomic E-state index is 12.2. The number of anilines is 1. The Morgan fingerprint density at radius 2 is 1.68 bits per heavy atom. The van der Waals surface area contributed by atoms with E-state index in [0.29, 0.717) is 17.9 Å². The predicted molar refractivity (Wildman–Crippen MR) is 102 cm³/mol. The Morgan fingerprint density at radius 1 is 1.00 bits per heavy atom. The number of amides is 1. The van der Waals surface area contributed by atoms with Crippen molar-refractivity contribution in [3.8, 4) is 11.3 Å². The molecule has 4 heteroatoms. The van der Waals surface area contributed by atoms with Crippen LogP contribution in [0, 0.1) is 13.8 Å². The number of carbonyl (C=O) groups excluding carboxylic acids is 1. The van der Waals surface area contributed by atoms with Gasteiger partial charge in [-0.25, -0.2) is 0 Å². The lowest BCUT2D eigenvalue weighted by atomic mass is 10.1. The minimum atomic E-state index is -0.0122. The molecule has 3 nitrogen and oxygen atoms in total. The highest BCUT2D eigenvalue weighted by atomic mass is 35.5. The Kier molecular flexibility index (Phi) is 5.25. The average Bonchev–Trinajstić information content (AvgIpc) is 3.06. The third-order valence-corrected chi connectivity index (χ3v) is 4.39. The first-order valence-electron chi connectivity index (χ1n) is 8.23. The zero-order chi connectivity index (χ0) is 17.8. The summed E-state index contributed by atoms with van der Waals surface area (Å²) in [4.78, 5) is 12.2. The molecule has 0 unspecified atom stereocenters. The quantitative estimate of drug-likeness (QED) is 0.631. The number of aryl methyl sites for hydroxylation is 3. The number of para-hydroxylation sites is 1. The van der Waals surface area contributed by atoms with E-state index in [1.165, 1.54) is 0 Å². The van der Waals surface area contributed by atoms with Gasteiger partial charge < -0.3 is 9.73 Å². The third kappa shape index (κ3) is 4.31. The van der Waals surface area contributed by atoms with Gasteiger partial charge in [0.1, 0.15) is 11.5 Å². The number of hydrogen-bond donors (Lipinski definition) is 1. The van der Waals surface area contributed by atoms with Crippen molar-refractivity contribution in [1.29, 1.82) is 0 Å². The standard InChI is InChI=1S/C21H20ClNO2/c1-14-4-3-5-15(2)21(14)23-20(24)13-11-18-10-12-19(25-18)16-6-8-17(22)9-7-16/h3-10,12H,11,13H2,1-2H3,(H,23,24). The molecule has 25 heavy (non-hydrogen) atoms. The Balaban J connectivity index is 1.60. The van der Waals surface area contributed by atoms with Gasteiger partial charge in [0.05, 0.1) is 0 Å². The first-order valence-corrected chi connectivity index (χ1v) is 8.61. The lowest BCUT2D eigenvalue weighted by molar-refractivity contribution is -0.116. The van der Waals surface area contributed by atoms with E-state index in [-0.39, 0.29) is 5.91 Å². The molecule has 1 amide bonds. The van der Waals surface area contributed by atoms with Crippen molar-refractivity contribution in [1.82, 2.24) is 0 Å². The molecule has 0 fully saturated rings. The number of hydrogen-bond acceptors (Lipinski definition) is 2. The van der Waals surface area contributed by atoms with Gasteiger partial charge in [-0.05, 0) is 61.4 Å². The van der Waals surface area contributed by atoms with Crippen LogP contribution in [0.2, 0.25) is 5.02 Å². The summed E-state index contributed by atoms with van der Waals surface area (Å²) in [5.74, 6) is 1.56. The molecule has 0 aliphatic rings. The predicted octanol–water partition coefficient (Wildman–Crippen LogP) is 5.79. The van der Waals surface area contributed by atoms with Crippen LogP contribution in [0.1, 0.15) is 23.3 Å². The van der Waals surface area contributed by atoms with Gasteiger partial charge in [-0.15, -0.1) is 0 Å². The topological polar surface area (TPSA) is 42.2 Å². The Hall–Kier alpha value is -2.52. The van der Waals surface area contributed by atoms with Crippen molar-refractivity contribution < 1.29 is 9.21 Å². The highest BCUT2D eigenvalue weighted by molar-refractivity contribution is 6.30. The number of furan rings is 1. The van der Waals surface area contributed by atoms with E-state index in [2.05, 4.69) is 5.32 Å². The Bertz CT molecular complexity index is 861. The first kappa shape index (κ1) is 17.3. The summed E-state index contributed by atoms with van der Waals surface area (Å²) in [5, 5.41) is 3.69. The highest BCUT2D eigenvalue weighted by Gasteiger charge is 2.10.